The van der Waals surface area contributed by atoms with Crippen LogP contribution >= 0.6 is 0 Å². The van der Waals surface area contributed by atoms with Crippen LogP contribution < -0.4 is 14.2 Å². The lowest BCUT2D eigenvalue weighted by atomic mass is 10.0. The maximum Gasteiger partial charge on any atom is 0.338 e. The van der Waals surface area contributed by atoms with Crippen molar-refractivity contribution < 1.29 is 23.7 Å². The van der Waals surface area contributed by atoms with Gasteiger partial charge >= 0.3 is 5.97 Å². The molecule has 38 heavy (non-hydrogen) atoms. The third-order valence-electron chi connectivity index (χ3n) is 6.00. The number of benzene rings is 4. The fourth-order valence-electron chi connectivity index (χ4n) is 4.05. The van der Waals surface area contributed by atoms with Crippen LogP contribution in [0.3, 0.4) is 0 Å². The molecule has 0 aliphatic rings. The summed E-state index contributed by atoms with van der Waals surface area (Å²) >= 11 is 0. The first-order chi connectivity index (χ1) is 18.7. The highest BCUT2D eigenvalue weighted by Gasteiger charge is 2.26. The molecule has 0 saturated heterocycles. The van der Waals surface area contributed by atoms with Crippen LogP contribution in [0.15, 0.2) is 97.1 Å². The van der Waals surface area contributed by atoms with Crippen LogP contribution in [0.4, 0.5) is 0 Å². The van der Waals surface area contributed by atoms with Crippen molar-refractivity contribution in [2.75, 3.05) is 6.61 Å². The lowest BCUT2D eigenvalue weighted by Gasteiger charge is -2.22. The number of hydrogen-bond donors (Lipinski definition) is 0. The van der Waals surface area contributed by atoms with Crippen molar-refractivity contribution in [1.29, 1.82) is 0 Å². The molecular formula is C33H34O5. The minimum atomic E-state index is -0.396. The molecule has 0 spiro atoms. The van der Waals surface area contributed by atoms with Gasteiger partial charge in [-0.2, -0.15) is 0 Å². The molecule has 0 saturated carbocycles. The number of hydrogen-bond acceptors (Lipinski definition) is 5. The Labute approximate surface area is 225 Å². The van der Waals surface area contributed by atoms with Gasteiger partial charge in [0.25, 0.3) is 0 Å². The molecule has 0 atom stereocenters. The molecule has 0 aliphatic carbocycles. The van der Waals surface area contributed by atoms with Gasteiger partial charge in [-0.3, -0.25) is 0 Å². The summed E-state index contributed by atoms with van der Waals surface area (Å²) in [4.78, 5) is 13.2. The van der Waals surface area contributed by atoms with Gasteiger partial charge in [-0.05, 0) is 35.6 Å². The smallest absolute Gasteiger partial charge is 0.338 e. The summed E-state index contributed by atoms with van der Waals surface area (Å²) in [7, 11) is 0. The molecule has 0 fully saturated rings. The molecular weight excluding hydrogens is 476 g/mol. The SMILES string of the molecule is CCCOC(=O)c1cc(OCc2ccccc2)c(OCc2ccccc2)c(OCc2ccccc2)c1CC. The van der Waals surface area contributed by atoms with Crippen LogP contribution in [0.1, 0.15) is 52.9 Å². The first-order valence-electron chi connectivity index (χ1n) is 13.1. The molecule has 4 aromatic carbocycles. The third kappa shape index (κ3) is 7.16. The van der Waals surface area contributed by atoms with E-state index in [1.54, 1.807) is 6.07 Å². The van der Waals surface area contributed by atoms with Crippen molar-refractivity contribution in [2.24, 2.45) is 0 Å². The highest BCUT2D eigenvalue weighted by Crippen LogP contribution is 2.44. The van der Waals surface area contributed by atoms with Gasteiger partial charge < -0.3 is 18.9 Å². The molecule has 0 amide bonds. The summed E-state index contributed by atoms with van der Waals surface area (Å²) in [5, 5.41) is 0. The number of ether oxygens (including phenoxy) is 4. The Bertz CT molecular complexity index is 1290. The topological polar surface area (TPSA) is 54.0 Å². The zero-order chi connectivity index (χ0) is 26.6. The first kappa shape index (κ1) is 26.8. The van der Waals surface area contributed by atoms with E-state index in [0.29, 0.717) is 55.7 Å². The summed E-state index contributed by atoms with van der Waals surface area (Å²) in [5.74, 6) is 1.02. The van der Waals surface area contributed by atoms with E-state index < -0.39 is 5.97 Å². The summed E-state index contributed by atoms with van der Waals surface area (Å²) in [6, 6.07) is 31.5. The Morgan fingerprint density at radius 3 is 1.58 bits per heavy atom. The average molecular weight is 511 g/mol. The lowest BCUT2D eigenvalue weighted by molar-refractivity contribution is 0.0502. The molecule has 0 bridgehead atoms. The fraction of sp³-hybridized carbons (Fsp3) is 0.242. The zero-order valence-corrected chi connectivity index (χ0v) is 22.0. The molecule has 5 nitrogen and oxygen atoms in total. The Kier molecular flexibility index (Phi) is 9.80. The fourth-order valence-corrected chi connectivity index (χ4v) is 4.05. The van der Waals surface area contributed by atoms with Gasteiger partial charge in [-0.15, -0.1) is 0 Å². The van der Waals surface area contributed by atoms with E-state index >= 15 is 0 Å². The van der Waals surface area contributed by atoms with E-state index in [0.717, 1.165) is 28.7 Å². The van der Waals surface area contributed by atoms with E-state index in [1.165, 1.54) is 0 Å². The molecule has 0 unspecified atom stereocenters. The highest BCUT2D eigenvalue weighted by atomic mass is 16.5. The summed E-state index contributed by atoms with van der Waals surface area (Å²) in [6.07, 6.45) is 1.29. The first-order valence-corrected chi connectivity index (χ1v) is 13.1. The van der Waals surface area contributed by atoms with Gasteiger partial charge in [0.2, 0.25) is 5.75 Å². The average Bonchev–Trinajstić information content (AvgIpc) is 2.98. The maximum atomic E-state index is 13.2. The maximum absolute atomic E-state index is 13.2. The van der Waals surface area contributed by atoms with Crippen LogP contribution in [0, 0.1) is 0 Å². The van der Waals surface area contributed by atoms with E-state index in [2.05, 4.69) is 0 Å². The third-order valence-corrected chi connectivity index (χ3v) is 6.00. The van der Waals surface area contributed by atoms with E-state index in [1.807, 2.05) is 105 Å². The van der Waals surface area contributed by atoms with Crippen LogP contribution in [-0.4, -0.2) is 12.6 Å². The molecule has 0 aliphatic heterocycles. The Morgan fingerprint density at radius 2 is 1.11 bits per heavy atom. The number of carbonyl (C=O) groups excluding carboxylic acids is 1. The van der Waals surface area contributed by atoms with E-state index in [4.69, 9.17) is 18.9 Å². The van der Waals surface area contributed by atoms with Crippen molar-refractivity contribution in [3.8, 4) is 17.2 Å². The lowest BCUT2D eigenvalue weighted by Crippen LogP contribution is -2.13. The van der Waals surface area contributed by atoms with Crippen molar-refractivity contribution in [2.45, 2.75) is 46.5 Å². The minimum absolute atomic E-state index is 0.315. The normalized spacial score (nSPS) is 10.6. The molecule has 0 aromatic heterocycles. The van der Waals surface area contributed by atoms with Crippen LogP contribution in [-0.2, 0) is 31.0 Å². The van der Waals surface area contributed by atoms with Crippen molar-refractivity contribution >= 4 is 5.97 Å². The minimum Gasteiger partial charge on any atom is -0.485 e. The predicted octanol–water partition coefficient (Wildman–Crippen LogP) is 7.55. The zero-order valence-electron chi connectivity index (χ0n) is 22.0. The van der Waals surface area contributed by atoms with E-state index in [-0.39, 0.29) is 0 Å². The van der Waals surface area contributed by atoms with Crippen molar-refractivity contribution in [3.63, 3.8) is 0 Å². The van der Waals surface area contributed by atoms with Crippen LogP contribution in [0.25, 0.3) is 0 Å². The van der Waals surface area contributed by atoms with Gasteiger partial charge in [-0.1, -0.05) is 105 Å². The molecule has 4 rings (SSSR count). The van der Waals surface area contributed by atoms with Crippen LogP contribution in [0.5, 0.6) is 17.2 Å². The summed E-state index contributed by atoms with van der Waals surface area (Å²) in [5.41, 5.74) is 4.19. The molecule has 0 N–H and O–H groups in total. The monoisotopic (exact) mass is 510 g/mol. The van der Waals surface area contributed by atoms with Crippen molar-refractivity contribution in [1.82, 2.24) is 0 Å². The molecule has 0 radical (unpaired) electrons. The highest BCUT2D eigenvalue weighted by molar-refractivity contribution is 5.93. The molecule has 196 valence electrons. The predicted molar refractivity (Wildman–Crippen MR) is 149 cm³/mol. The van der Waals surface area contributed by atoms with Gasteiger partial charge in [-0.25, -0.2) is 4.79 Å². The molecule has 0 heterocycles. The summed E-state index contributed by atoms with van der Waals surface area (Å²) < 4.78 is 24.6. The molecule has 4 aromatic rings. The second-order valence-electron chi connectivity index (χ2n) is 8.87. The van der Waals surface area contributed by atoms with Gasteiger partial charge in [0.15, 0.2) is 11.5 Å². The Hall–Kier alpha value is -4.25. The second kappa shape index (κ2) is 13.9. The quantitative estimate of drug-likeness (QED) is 0.174. The Balaban J connectivity index is 1.77. The number of carbonyl (C=O) groups is 1. The van der Waals surface area contributed by atoms with Gasteiger partial charge in [0, 0.05) is 5.56 Å². The van der Waals surface area contributed by atoms with E-state index in [9.17, 15) is 4.79 Å². The standard InChI is InChI=1S/C33H34O5/c1-3-20-35-33(34)29-21-30(36-22-25-14-8-5-9-15-25)32(38-24-27-18-12-7-13-19-27)31(28(29)4-2)37-23-26-16-10-6-11-17-26/h5-19,21H,3-4,20,22-24H2,1-2H3. The number of esters is 1. The molecule has 5 heteroatoms. The second-order valence-corrected chi connectivity index (χ2v) is 8.87. The Morgan fingerprint density at radius 1 is 0.632 bits per heavy atom. The van der Waals surface area contributed by atoms with Crippen LogP contribution in [0.2, 0.25) is 0 Å². The summed E-state index contributed by atoms with van der Waals surface area (Å²) in [6.45, 7) is 5.27. The van der Waals surface area contributed by atoms with Gasteiger partial charge in [0.05, 0.1) is 12.2 Å². The number of rotatable bonds is 13. The van der Waals surface area contributed by atoms with Gasteiger partial charge in [0.1, 0.15) is 19.8 Å². The van der Waals surface area contributed by atoms with Crippen molar-refractivity contribution in [3.05, 3.63) is 125 Å². The largest absolute Gasteiger partial charge is 0.485 e.